The minimum atomic E-state index is -0.588. The zero-order valence-electron chi connectivity index (χ0n) is 28.1. The molecule has 250 valence electrons. The summed E-state index contributed by atoms with van der Waals surface area (Å²) < 4.78 is 12.2. The molecule has 0 bridgehead atoms. The second-order valence-corrected chi connectivity index (χ2v) is 15.0. The highest BCUT2D eigenvalue weighted by atomic mass is 35.5. The zero-order valence-corrected chi connectivity index (χ0v) is 28.9. The summed E-state index contributed by atoms with van der Waals surface area (Å²) in [7, 11) is 0. The maximum Gasteiger partial charge on any atom is 0.269 e. The van der Waals surface area contributed by atoms with Crippen molar-refractivity contribution in [3.63, 3.8) is 0 Å². The molecular weight excluding hydrogens is 628 g/mol. The molecule has 8 nitrogen and oxygen atoms in total. The molecule has 0 aromatic heterocycles. The molecule has 0 atom stereocenters. The lowest BCUT2D eigenvalue weighted by Crippen LogP contribution is -2.44. The van der Waals surface area contributed by atoms with Gasteiger partial charge in [-0.25, -0.2) is 0 Å². The van der Waals surface area contributed by atoms with Gasteiger partial charge in [0.25, 0.3) is 5.69 Å². The molecule has 0 spiro atoms. The summed E-state index contributed by atoms with van der Waals surface area (Å²) in [5.41, 5.74) is 5.33. The van der Waals surface area contributed by atoms with E-state index in [1.165, 1.54) is 12.1 Å². The summed E-state index contributed by atoms with van der Waals surface area (Å²) in [6.45, 7) is 11.4. The number of carbonyl (C=O) groups is 2. The predicted octanol–water partition coefficient (Wildman–Crippen LogP) is 9.11. The van der Waals surface area contributed by atoms with Crippen LogP contribution in [-0.2, 0) is 22.7 Å². The molecule has 0 unspecified atom stereocenters. The second-order valence-electron chi connectivity index (χ2n) is 14.6. The van der Waals surface area contributed by atoms with Crippen LogP contribution >= 0.6 is 11.6 Å². The van der Waals surface area contributed by atoms with Crippen molar-refractivity contribution < 1.29 is 24.0 Å². The van der Waals surface area contributed by atoms with Gasteiger partial charge < -0.3 is 14.4 Å². The van der Waals surface area contributed by atoms with E-state index in [9.17, 15) is 19.7 Å². The first-order valence-electron chi connectivity index (χ1n) is 16.4. The van der Waals surface area contributed by atoms with Crippen molar-refractivity contribution in [1.82, 2.24) is 4.90 Å². The normalized spacial score (nSPS) is 18.8. The molecule has 0 saturated carbocycles. The van der Waals surface area contributed by atoms with E-state index in [4.69, 9.17) is 21.1 Å². The van der Waals surface area contributed by atoms with Crippen molar-refractivity contribution in [2.24, 2.45) is 10.8 Å². The van der Waals surface area contributed by atoms with Crippen LogP contribution in [0.1, 0.15) is 82.9 Å². The maximum absolute atomic E-state index is 14.3. The lowest BCUT2D eigenvalue weighted by molar-refractivity contribution is -0.384. The van der Waals surface area contributed by atoms with Gasteiger partial charge in [-0.3, -0.25) is 19.7 Å². The SMILES string of the molecule is CCOc1cc(C2C3=C(CC(C)(C)CC3=O)N(Cc3ccccc3)C3=C2C(=O)CC(C)(C)C3)cc(Cl)c1OCc1ccc([N+](=O)[O-])cc1. The highest BCUT2D eigenvalue weighted by molar-refractivity contribution is 6.32. The van der Waals surface area contributed by atoms with Crippen LogP contribution in [0.25, 0.3) is 0 Å². The molecule has 2 aliphatic carbocycles. The van der Waals surface area contributed by atoms with Crippen LogP contribution in [0, 0.1) is 20.9 Å². The van der Waals surface area contributed by atoms with Gasteiger partial charge in [0, 0.05) is 60.0 Å². The smallest absolute Gasteiger partial charge is 0.269 e. The van der Waals surface area contributed by atoms with Crippen LogP contribution < -0.4 is 9.47 Å². The van der Waals surface area contributed by atoms with E-state index in [0.717, 1.165) is 22.5 Å². The third kappa shape index (κ3) is 6.63. The van der Waals surface area contributed by atoms with Gasteiger partial charge >= 0.3 is 0 Å². The number of Topliss-reactive ketones (excluding diaryl/α,β-unsaturated/α-hetero) is 2. The standard InChI is InChI=1S/C39H41ClN2O6/c1-6-47-33-17-26(16-28(40)37(33)48-23-25-12-14-27(15-13-25)42(45)46)34-35-29(18-38(2,3)20-31(35)43)41(22-24-10-8-7-9-11-24)30-19-39(4,5)21-32(44)36(30)34/h7-17,34H,6,18-23H2,1-5H3. The monoisotopic (exact) mass is 668 g/mol. The Kier molecular flexibility index (Phi) is 8.98. The fourth-order valence-electron chi connectivity index (χ4n) is 7.36. The minimum absolute atomic E-state index is 0.00500. The number of halogens is 1. The quantitative estimate of drug-likeness (QED) is 0.166. The van der Waals surface area contributed by atoms with Crippen molar-refractivity contribution in [1.29, 1.82) is 0 Å². The first kappa shape index (κ1) is 33.5. The maximum atomic E-state index is 14.3. The number of hydrogen-bond acceptors (Lipinski definition) is 7. The van der Waals surface area contributed by atoms with Crippen LogP contribution in [0.3, 0.4) is 0 Å². The number of benzene rings is 3. The van der Waals surface area contributed by atoms with Gasteiger partial charge in [0.15, 0.2) is 23.1 Å². The molecule has 6 rings (SSSR count). The Labute approximate surface area is 286 Å². The van der Waals surface area contributed by atoms with E-state index in [1.807, 2.05) is 31.2 Å². The molecular formula is C39H41ClN2O6. The molecule has 3 aliphatic rings. The van der Waals surface area contributed by atoms with Crippen LogP contribution in [-0.4, -0.2) is 28.0 Å². The molecule has 0 saturated heterocycles. The fourth-order valence-corrected chi connectivity index (χ4v) is 7.64. The summed E-state index contributed by atoms with van der Waals surface area (Å²) in [6, 6.07) is 20.0. The molecule has 3 aromatic carbocycles. The number of nitrogens with zero attached hydrogens (tertiary/aromatic N) is 2. The Morgan fingerprint density at radius 2 is 1.42 bits per heavy atom. The molecule has 48 heavy (non-hydrogen) atoms. The van der Waals surface area contributed by atoms with Gasteiger partial charge in [-0.2, -0.15) is 0 Å². The van der Waals surface area contributed by atoms with E-state index in [2.05, 4.69) is 44.7 Å². The number of hydrogen-bond donors (Lipinski definition) is 0. The van der Waals surface area contributed by atoms with Crippen molar-refractivity contribution in [2.45, 2.75) is 79.4 Å². The van der Waals surface area contributed by atoms with Crippen molar-refractivity contribution in [3.05, 3.63) is 121 Å². The Morgan fingerprint density at radius 1 is 0.833 bits per heavy atom. The van der Waals surface area contributed by atoms with E-state index in [0.29, 0.717) is 72.1 Å². The average molecular weight is 669 g/mol. The Bertz CT molecular complexity index is 1790. The Balaban J connectivity index is 1.48. The Morgan fingerprint density at radius 3 is 1.96 bits per heavy atom. The van der Waals surface area contributed by atoms with Crippen LogP contribution in [0.2, 0.25) is 5.02 Å². The second kappa shape index (κ2) is 12.9. The molecule has 0 amide bonds. The summed E-state index contributed by atoms with van der Waals surface area (Å²) in [6.07, 6.45) is 2.16. The number of nitro benzene ring substituents is 1. The molecule has 1 heterocycles. The Hall–Kier alpha value is -4.43. The number of ether oxygens (including phenoxy) is 2. The van der Waals surface area contributed by atoms with E-state index in [-0.39, 0.29) is 34.7 Å². The summed E-state index contributed by atoms with van der Waals surface area (Å²) in [5, 5.41) is 11.4. The van der Waals surface area contributed by atoms with E-state index >= 15 is 0 Å². The third-order valence-corrected chi connectivity index (χ3v) is 9.68. The summed E-state index contributed by atoms with van der Waals surface area (Å²) >= 11 is 6.97. The highest BCUT2D eigenvalue weighted by Gasteiger charge is 2.49. The van der Waals surface area contributed by atoms with Crippen LogP contribution in [0.5, 0.6) is 11.5 Å². The molecule has 1 aliphatic heterocycles. The van der Waals surface area contributed by atoms with Gasteiger partial charge in [-0.05, 0) is 71.6 Å². The number of rotatable bonds is 9. The minimum Gasteiger partial charge on any atom is -0.490 e. The van der Waals surface area contributed by atoms with E-state index < -0.39 is 10.8 Å². The molecule has 0 radical (unpaired) electrons. The first-order chi connectivity index (χ1) is 22.8. The zero-order chi connectivity index (χ0) is 34.4. The number of ketones is 2. The fraction of sp³-hybridized carbons (Fsp3) is 0.385. The lowest BCUT2D eigenvalue weighted by atomic mass is 9.63. The molecule has 9 heteroatoms. The summed E-state index contributed by atoms with van der Waals surface area (Å²) in [5.74, 6) is 0.236. The topological polar surface area (TPSA) is 99.0 Å². The van der Waals surface area contributed by atoms with Gasteiger partial charge in [0.05, 0.1) is 16.6 Å². The van der Waals surface area contributed by atoms with Crippen LogP contribution in [0.15, 0.2) is 89.3 Å². The van der Waals surface area contributed by atoms with Gasteiger partial charge in [0.1, 0.15) is 6.61 Å². The number of nitro groups is 1. The molecule has 0 fully saturated rings. The first-order valence-corrected chi connectivity index (χ1v) is 16.8. The predicted molar refractivity (Wildman–Crippen MR) is 185 cm³/mol. The van der Waals surface area contributed by atoms with Gasteiger partial charge in [-0.1, -0.05) is 69.6 Å². The third-order valence-electron chi connectivity index (χ3n) is 9.40. The molecule has 3 aromatic rings. The van der Waals surface area contributed by atoms with Crippen molar-refractivity contribution in [2.75, 3.05) is 6.61 Å². The number of carbonyl (C=O) groups excluding carboxylic acids is 2. The number of non-ortho nitro benzene ring substituents is 1. The van der Waals surface area contributed by atoms with Gasteiger partial charge in [-0.15, -0.1) is 0 Å². The van der Waals surface area contributed by atoms with Crippen molar-refractivity contribution in [3.8, 4) is 11.5 Å². The van der Waals surface area contributed by atoms with Gasteiger partial charge in [0.2, 0.25) is 0 Å². The lowest BCUT2D eigenvalue weighted by Gasteiger charge is -2.49. The van der Waals surface area contributed by atoms with Crippen molar-refractivity contribution >= 4 is 28.9 Å². The number of allylic oxidation sites excluding steroid dienone is 4. The average Bonchev–Trinajstić information content (AvgIpc) is 3.01. The van der Waals surface area contributed by atoms with E-state index in [1.54, 1.807) is 18.2 Å². The van der Waals surface area contributed by atoms with Crippen LogP contribution in [0.4, 0.5) is 5.69 Å². The molecule has 0 N–H and O–H groups in total. The largest absolute Gasteiger partial charge is 0.490 e. The summed E-state index contributed by atoms with van der Waals surface area (Å²) in [4.78, 5) is 41.4. The highest BCUT2D eigenvalue weighted by Crippen LogP contribution is 2.56.